The molecule has 5 rings (SSSR count). The molecule has 419 valence electrons. The van der Waals surface area contributed by atoms with Crippen molar-refractivity contribution in [2.45, 2.75) is 126 Å². The molecule has 20 nitrogen and oxygen atoms in total. The number of alkyl halides is 9. The van der Waals surface area contributed by atoms with Crippen molar-refractivity contribution in [1.29, 1.82) is 0 Å². The second-order valence-corrected chi connectivity index (χ2v) is 21.6. The first-order valence-corrected chi connectivity index (χ1v) is 24.1. The Morgan fingerprint density at radius 1 is 0.577 bits per heavy atom. The Morgan fingerprint density at radius 2 is 0.817 bits per heavy atom. The van der Waals surface area contributed by atoms with E-state index in [0.29, 0.717) is 19.3 Å². The maximum absolute atomic E-state index is 14.4. The van der Waals surface area contributed by atoms with Crippen molar-refractivity contribution in [2.75, 3.05) is 26.3 Å². The molecule has 4 atom stereocenters. The van der Waals surface area contributed by atoms with Gasteiger partial charge < -0.3 is 59.7 Å². The van der Waals surface area contributed by atoms with E-state index in [0.717, 1.165) is 35.5 Å². The van der Waals surface area contributed by atoms with Crippen molar-refractivity contribution >= 4 is 42.2 Å². The molecule has 33 heteroatoms. The van der Waals surface area contributed by atoms with Crippen LogP contribution in [0.25, 0.3) is 0 Å². The Kier molecular flexibility index (Phi) is 28.8. The van der Waals surface area contributed by atoms with Gasteiger partial charge in [0.2, 0.25) is 0 Å². The molecule has 0 aliphatic carbocycles. The number of carbonyl (C=O) groups is 2. The Morgan fingerprint density at radius 3 is 1.01 bits per heavy atom. The van der Waals surface area contributed by atoms with E-state index in [4.69, 9.17) is 43.6 Å². The van der Waals surface area contributed by atoms with Crippen molar-refractivity contribution in [3.05, 3.63) is 81.2 Å². The van der Waals surface area contributed by atoms with E-state index < -0.39 is 79.3 Å². The number of halogens is 9. The fraction of sp³-hybridized carbons (Fsp3) is 0.632. The number of nitrogens with zero attached hydrogens (tertiary/aromatic N) is 2. The first-order valence-electron chi connectivity index (χ1n) is 19.9. The van der Waals surface area contributed by atoms with Gasteiger partial charge in [0, 0.05) is 54.7 Å². The second-order valence-electron chi connectivity index (χ2n) is 17.5. The van der Waals surface area contributed by atoms with Crippen LogP contribution in [0.4, 0.5) is 39.5 Å². The second kappa shape index (κ2) is 28.0. The van der Waals surface area contributed by atoms with Crippen LogP contribution in [0.15, 0.2) is 48.5 Å². The van der Waals surface area contributed by atoms with Gasteiger partial charge in [0.15, 0.2) is 42.4 Å². The average Bonchev–Trinajstić information content (AvgIpc) is 3.72. The minimum absolute atomic E-state index is 0. The minimum Gasteiger partial charge on any atom is -0.741 e. The molecule has 3 heterocycles. The molecular formula is C38H57F9N4O16S3Yb+. The number of hydroxylamine groups is 6. The summed E-state index contributed by atoms with van der Waals surface area (Å²) in [6, 6.07) is 14.0. The van der Waals surface area contributed by atoms with E-state index in [9.17, 15) is 59.5 Å². The molecule has 1 radical (unpaired) electrons. The summed E-state index contributed by atoms with van der Waals surface area (Å²) in [5, 5.41) is 34.8. The van der Waals surface area contributed by atoms with E-state index in [2.05, 4.69) is 10.6 Å². The predicted octanol–water partition coefficient (Wildman–Crippen LogP) is 3.29. The Balaban J connectivity index is -0.00000117. The zero-order valence-electron chi connectivity index (χ0n) is 38.6. The Bertz CT molecular complexity index is 2150. The molecule has 3 aliphatic rings. The fourth-order valence-corrected chi connectivity index (χ4v) is 6.47. The van der Waals surface area contributed by atoms with Crippen LogP contribution in [0.1, 0.15) is 83.1 Å². The third-order valence-corrected chi connectivity index (χ3v) is 11.1. The van der Waals surface area contributed by atoms with Crippen molar-refractivity contribution in [1.82, 2.24) is 10.6 Å². The van der Waals surface area contributed by atoms with Gasteiger partial charge in [-0.05, 0) is 65.5 Å². The standard InChI is InChI=1S/C31H44N4O4.C4H8O.3CHF3O3S.2H2O.Yb/c1-30(2,3)32-28(36)26-18-22-12-7-9-14-24(22)20-34(26,38)16-11-17-35(39)21-25-15-10-8-13-23(25)19-27(35)29(37)33-31(4,5)6;1-2-4-5-3-1;3*2-1(3,4)8(5,6)7;;;/h7-10,12-15,26-27H,11,16-21H2,1-6H3,(H,32,36)(H,33,37);1-4H2;3*(H,5,6,7);2*1H2;/q;;;;;;;+3/p-2/t26-,27-,34-,35-;;;;;;;/m0......./s1. The van der Waals surface area contributed by atoms with Gasteiger partial charge >= 0.3 is 63.4 Å². The van der Waals surface area contributed by atoms with Gasteiger partial charge in [0.05, 0.1) is 13.1 Å². The molecule has 2 amide bonds. The van der Waals surface area contributed by atoms with Crippen LogP contribution in [-0.4, -0.2) is 131 Å². The van der Waals surface area contributed by atoms with E-state index in [1.54, 1.807) is 0 Å². The summed E-state index contributed by atoms with van der Waals surface area (Å²) in [4.78, 5) is 26.7. The molecular weight excluding hydrogens is 1210 g/mol. The van der Waals surface area contributed by atoms with Crippen molar-refractivity contribution < 1.29 is 160 Å². The van der Waals surface area contributed by atoms with Gasteiger partial charge in [-0.15, -0.1) is 0 Å². The molecule has 0 aromatic heterocycles. The number of rotatable bonds is 6. The molecule has 1 saturated heterocycles. The quantitative estimate of drug-likeness (QED) is 0.105. The molecule has 1 fully saturated rings. The number of amides is 2. The topological polar surface area (TPSA) is 350 Å². The number of hydrogen-bond donors (Lipinski definition) is 2. The molecule has 7 N–H and O–H groups in total. The largest absolute Gasteiger partial charge is 3.00 e. The number of hydrogen-bond acceptors (Lipinski definition) is 14. The Hall–Kier alpha value is -2.28. The van der Waals surface area contributed by atoms with E-state index in [1.807, 2.05) is 90.1 Å². The molecule has 0 bridgehead atoms. The number of nitrogens with one attached hydrogen (secondary N) is 2. The summed E-state index contributed by atoms with van der Waals surface area (Å²) in [6.45, 7) is 14.1. The molecule has 2 aromatic carbocycles. The van der Waals surface area contributed by atoms with E-state index in [1.165, 1.54) is 12.8 Å². The number of ether oxygens (including phenoxy) is 1. The van der Waals surface area contributed by atoms with Crippen LogP contribution in [-0.2, 0) is 76.1 Å². The molecule has 0 unspecified atom stereocenters. The van der Waals surface area contributed by atoms with Crippen LogP contribution < -0.4 is 10.6 Å². The summed E-state index contributed by atoms with van der Waals surface area (Å²) in [7, 11) is -18.3. The minimum atomic E-state index is -6.09. The van der Waals surface area contributed by atoms with Gasteiger partial charge in [-0.25, -0.2) is 25.3 Å². The van der Waals surface area contributed by atoms with Crippen LogP contribution in [0, 0.1) is 57.3 Å². The molecule has 3 aliphatic heterocycles. The fourth-order valence-electron chi connectivity index (χ4n) is 6.47. The normalized spacial score (nSPS) is 21.1. The zero-order chi connectivity index (χ0) is 53.2. The zero-order valence-corrected chi connectivity index (χ0v) is 42.8. The van der Waals surface area contributed by atoms with Crippen LogP contribution in [0.2, 0.25) is 0 Å². The number of carbonyl (C=O) groups excluding carboxylic acids is 2. The summed E-state index contributed by atoms with van der Waals surface area (Å²) < 4.78 is 180. The van der Waals surface area contributed by atoms with Gasteiger partial charge in [-0.3, -0.25) is 9.59 Å². The van der Waals surface area contributed by atoms with Gasteiger partial charge in [0.25, 0.3) is 11.8 Å². The summed E-state index contributed by atoms with van der Waals surface area (Å²) in [6.07, 6.45) is 3.60. The van der Waals surface area contributed by atoms with Gasteiger partial charge in [-0.1, -0.05) is 48.5 Å². The Labute approximate surface area is 443 Å². The predicted molar refractivity (Wildman–Crippen MR) is 228 cm³/mol. The first kappa shape index (κ1) is 73.0. The van der Waals surface area contributed by atoms with Gasteiger partial charge in [0.1, 0.15) is 13.1 Å². The first-order chi connectivity index (χ1) is 30.3. The maximum atomic E-state index is 14.4. The molecule has 0 saturated carbocycles. The van der Waals surface area contributed by atoms with Crippen molar-refractivity contribution in [3.63, 3.8) is 0 Å². The van der Waals surface area contributed by atoms with Gasteiger partial charge in [-0.2, -0.15) is 39.5 Å². The van der Waals surface area contributed by atoms with Crippen molar-refractivity contribution in [3.8, 4) is 0 Å². The van der Waals surface area contributed by atoms with Crippen molar-refractivity contribution in [2.24, 2.45) is 0 Å². The monoisotopic (exact) mass is 1270 g/mol. The SMILES string of the molecule is C1CCOC1.CC(C)(C)NC(=O)[C@@H]1Cc2ccccc2C[N@@+]1([O-])CCC[N@+]1([O-])Cc2ccccc2C[C@H]1C(=O)NC(C)(C)C.O.O=S(=O)([O-])C(F)(F)F.O=S(=O)([O-])C(F)(F)F.O=S(=O)([O-])C(F)(F)F.[OH3+].[Yb+3]. The molecule has 0 spiro atoms. The smallest absolute Gasteiger partial charge is 0.741 e. The van der Waals surface area contributed by atoms with Crippen LogP contribution >= 0.6 is 0 Å². The summed E-state index contributed by atoms with van der Waals surface area (Å²) in [5.74, 6) is -0.514. The molecule has 71 heavy (non-hydrogen) atoms. The van der Waals surface area contributed by atoms with Crippen LogP contribution in [0.3, 0.4) is 0 Å². The third-order valence-electron chi connectivity index (χ3n) is 9.43. The third kappa shape index (κ3) is 25.2. The summed E-state index contributed by atoms with van der Waals surface area (Å²) in [5.41, 5.74) is -13.9. The maximum Gasteiger partial charge on any atom is 3.00 e. The van der Waals surface area contributed by atoms with Crippen LogP contribution in [0.5, 0.6) is 0 Å². The van der Waals surface area contributed by atoms with E-state index in [-0.39, 0.29) is 95.9 Å². The number of fused-ring (bicyclic) bond motifs is 2. The van der Waals surface area contributed by atoms with E-state index >= 15 is 0 Å². The number of benzene rings is 2. The molecule has 2 aromatic rings. The summed E-state index contributed by atoms with van der Waals surface area (Å²) >= 11 is 0. The number of quaternary nitrogens is 2. The average molecular weight is 1270 g/mol.